The predicted octanol–water partition coefficient (Wildman–Crippen LogP) is 1.18. The van der Waals surface area contributed by atoms with E-state index in [0.717, 1.165) is 5.56 Å². The number of carbonyl (C=O) groups excluding carboxylic acids is 1. The number of nitrogens with zero attached hydrogens (tertiary/aromatic N) is 3. The molecule has 0 fully saturated rings. The van der Waals surface area contributed by atoms with Crippen molar-refractivity contribution in [1.29, 1.82) is 0 Å². The molecule has 0 atom stereocenters. The van der Waals surface area contributed by atoms with Gasteiger partial charge in [0.15, 0.2) is 5.82 Å². The van der Waals surface area contributed by atoms with Crippen LogP contribution < -0.4 is 16.4 Å². The molecule has 20 heavy (non-hydrogen) atoms. The molecule has 0 aliphatic heterocycles. The number of carbonyl (C=O) groups is 1. The second-order valence-electron chi connectivity index (χ2n) is 4.34. The zero-order valence-electron chi connectivity index (χ0n) is 11.3. The number of primary amides is 1. The van der Waals surface area contributed by atoms with Gasteiger partial charge in [0, 0.05) is 25.5 Å². The lowest BCUT2D eigenvalue weighted by Gasteiger charge is -2.23. The molecule has 0 aliphatic rings. The summed E-state index contributed by atoms with van der Waals surface area (Å²) in [6.45, 7) is 3.35. The number of rotatable bonds is 5. The lowest BCUT2D eigenvalue weighted by Crippen LogP contribution is -2.25. The van der Waals surface area contributed by atoms with Crippen LogP contribution in [-0.2, 0) is 6.54 Å². The summed E-state index contributed by atoms with van der Waals surface area (Å²) in [5.74, 6) is 0.00632. The first-order chi connectivity index (χ1) is 9.61. The Labute approximate surface area is 117 Å². The van der Waals surface area contributed by atoms with E-state index >= 15 is 0 Å². The second-order valence-corrected chi connectivity index (χ2v) is 4.34. The van der Waals surface area contributed by atoms with Gasteiger partial charge in [0.25, 0.3) is 5.91 Å². The molecule has 104 valence electrons. The van der Waals surface area contributed by atoms with Crippen LogP contribution in [0.3, 0.4) is 0 Å². The summed E-state index contributed by atoms with van der Waals surface area (Å²) in [6, 6.07) is 7.03. The van der Waals surface area contributed by atoms with Crippen LogP contribution in [0.4, 0.5) is 11.5 Å². The van der Waals surface area contributed by atoms with E-state index in [9.17, 15) is 4.79 Å². The third-order valence-electron chi connectivity index (χ3n) is 2.96. The van der Waals surface area contributed by atoms with Gasteiger partial charge in [-0.2, -0.15) is 0 Å². The van der Waals surface area contributed by atoms with Gasteiger partial charge in [0.1, 0.15) is 5.69 Å². The van der Waals surface area contributed by atoms with Crippen molar-refractivity contribution in [3.8, 4) is 0 Å². The molecule has 2 heterocycles. The first-order valence-corrected chi connectivity index (χ1v) is 6.32. The highest BCUT2D eigenvalue weighted by Crippen LogP contribution is 2.22. The largest absolute Gasteiger partial charge is 0.396 e. The fourth-order valence-corrected chi connectivity index (χ4v) is 1.89. The summed E-state index contributed by atoms with van der Waals surface area (Å²) in [5, 5.41) is 0. The summed E-state index contributed by atoms with van der Waals surface area (Å²) >= 11 is 0. The molecule has 0 unspecified atom stereocenters. The molecule has 0 saturated heterocycles. The smallest absolute Gasteiger partial charge is 0.267 e. The Morgan fingerprint density at radius 3 is 2.55 bits per heavy atom. The van der Waals surface area contributed by atoms with Crippen LogP contribution in [0.1, 0.15) is 23.0 Å². The van der Waals surface area contributed by atoms with E-state index in [2.05, 4.69) is 9.97 Å². The van der Waals surface area contributed by atoms with Gasteiger partial charge in [-0.05, 0) is 36.8 Å². The average Bonchev–Trinajstić information content (AvgIpc) is 2.46. The molecule has 2 aromatic rings. The fourth-order valence-electron chi connectivity index (χ4n) is 1.89. The first-order valence-electron chi connectivity index (χ1n) is 6.32. The maximum Gasteiger partial charge on any atom is 0.267 e. The summed E-state index contributed by atoms with van der Waals surface area (Å²) in [6.07, 6.45) is 3.47. The van der Waals surface area contributed by atoms with Gasteiger partial charge < -0.3 is 16.4 Å². The van der Waals surface area contributed by atoms with E-state index in [1.807, 2.05) is 24.0 Å². The Morgan fingerprint density at radius 1 is 1.25 bits per heavy atom. The summed E-state index contributed by atoms with van der Waals surface area (Å²) < 4.78 is 0. The van der Waals surface area contributed by atoms with Crippen LogP contribution in [0, 0.1) is 0 Å². The molecular formula is C14H17N5O. The molecule has 0 radical (unpaired) electrons. The molecule has 6 heteroatoms. The predicted molar refractivity (Wildman–Crippen MR) is 78.1 cm³/mol. The minimum Gasteiger partial charge on any atom is -0.396 e. The monoisotopic (exact) mass is 271 g/mol. The number of amides is 1. The Bertz CT molecular complexity index is 600. The van der Waals surface area contributed by atoms with Crippen molar-refractivity contribution >= 4 is 17.4 Å². The normalized spacial score (nSPS) is 10.2. The fraction of sp³-hybridized carbons (Fsp3) is 0.214. The molecule has 4 N–H and O–H groups in total. The zero-order valence-corrected chi connectivity index (χ0v) is 11.3. The van der Waals surface area contributed by atoms with Crippen LogP contribution in [0.5, 0.6) is 0 Å². The van der Waals surface area contributed by atoms with Crippen molar-refractivity contribution in [2.45, 2.75) is 13.5 Å². The molecule has 0 bridgehead atoms. The molecule has 0 saturated carbocycles. The van der Waals surface area contributed by atoms with E-state index in [1.54, 1.807) is 18.5 Å². The van der Waals surface area contributed by atoms with Crippen LogP contribution in [0.25, 0.3) is 0 Å². The average molecular weight is 271 g/mol. The third-order valence-corrected chi connectivity index (χ3v) is 2.96. The molecule has 0 aliphatic carbocycles. The van der Waals surface area contributed by atoms with Crippen molar-refractivity contribution < 1.29 is 4.79 Å². The van der Waals surface area contributed by atoms with Crippen molar-refractivity contribution in [1.82, 2.24) is 9.97 Å². The van der Waals surface area contributed by atoms with Gasteiger partial charge in [-0.25, -0.2) is 4.98 Å². The number of aromatic nitrogens is 2. The van der Waals surface area contributed by atoms with Crippen LogP contribution in [0.15, 0.2) is 36.7 Å². The molecule has 1 amide bonds. The Balaban J connectivity index is 2.31. The SMILES string of the molecule is CCN(Cc1ccncc1)c1nc(C(N)=O)ccc1N. The summed E-state index contributed by atoms with van der Waals surface area (Å²) in [7, 11) is 0. The highest BCUT2D eigenvalue weighted by molar-refractivity contribution is 5.91. The lowest BCUT2D eigenvalue weighted by molar-refractivity contribution is 0.0995. The topological polar surface area (TPSA) is 98.1 Å². The molecule has 2 rings (SSSR count). The number of hydrogen-bond acceptors (Lipinski definition) is 5. The minimum atomic E-state index is -0.564. The highest BCUT2D eigenvalue weighted by atomic mass is 16.1. The van der Waals surface area contributed by atoms with Gasteiger partial charge in [-0.3, -0.25) is 9.78 Å². The number of pyridine rings is 2. The van der Waals surface area contributed by atoms with E-state index < -0.39 is 5.91 Å². The first kappa shape index (κ1) is 13.8. The summed E-state index contributed by atoms with van der Waals surface area (Å²) in [5.41, 5.74) is 13.0. The van der Waals surface area contributed by atoms with Crippen molar-refractivity contribution in [3.63, 3.8) is 0 Å². The zero-order chi connectivity index (χ0) is 14.5. The van der Waals surface area contributed by atoms with Crippen molar-refractivity contribution in [2.24, 2.45) is 5.73 Å². The van der Waals surface area contributed by atoms with Gasteiger partial charge in [-0.1, -0.05) is 0 Å². The van der Waals surface area contributed by atoms with Crippen molar-refractivity contribution in [3.05, 3.63) is 47.9 Å². The standard InChI is InChI=1S/C14H17N5O/c1-2-19(9-10-5-7-17-8-6-10)14-11(15)3-4-12(18-14)13(16)20/h3-8H,2,9,15H2,1H3,(H2,16,20). The van der Waals surface area contributed by atoms with Crippen molar-refractivity contribution in [2.75, 3.05) is 17.2 Å². The van der Waals surface area contributed by atoms with E-state index in [0.29, 0.717) is 24.6 Å². The molecule has 2 aromatic heterocycles. The van der Waals surface area contributed by atoms with E-state index in [1.165, 1.54) is 6.07 Å². The number of nitrogen functional groups attached to an aromatic ring is 1. The Hall–Kier alpha value is -2.63. The Morgan fingerprint density at radius 2 is 1.95 bits per heavy atom. The van der Waals surface area contributed by atoms with E-state index in [-0.39, 0.29) is 5.69 Å². The molecular weight excluding hydrogens is 254 g/mol. The quantitative estimate of drug-likeness (QED) is 0.851. The van der Waals surface area contributed by atoms with E-state index in [4.69, 9.17) is 11.5 Å². The number of anilines is 2. The highest BCUT2D eigenvalue weighted by Gasteiger charge is 2.13. The van der Waals surface area contributed by atoms with Gasteiger partial charge in [0.2, 0.25) is 0 Å². The Kier molecular flexibility index (Phi) is 4.14. The van der Waals surface area contributed by atoms with Gasteiger partial charge in [-0.15, -0.1) is 0 Å². The number of hydrogen-bond donors (Lipinski definition) is 2. The van der Waals surface area contributed by atoms with Gasteiger partial charge >= 0.3 is 0 Å². The molecule has 6 nitrogen and oxygen atoms in total. The van der Waals surface area contributed by atoms with Gasteiger partial charge in [0.05, 0.1) is 5.69 Å². The third kappa shape index (κ3) is 3.03. The maximum atomic E-state index is 11.2. The van der Waals surface area contributed by atoms with Crippen LogP contribution in [0.2, 0.25) is 0 Å². The molecule has 0 aromatic carbocycles. The van der Waals surface area contributed by atoms with Crippen LogP contribution in [-0.4, -0.2) is 22.4 Å². The minimum absolute atomic E-state index is 0.211. The number of nitrogens with two attached hydrogens (primary N) is 2. The lowest BCUT2D eigenvalue weighted by atomic mass is 10.2. The summed E-state index contributed by atoms with van der Waals surface area (Å²) in [4.78, 5) is 21.4. The molecule has 0 spiro atoms. The maximum absolute atomic E-state index is 11.2. The second kappa shape index (κ2) is 6.01. The van der Waals surface area contributed by atoms with Crippen LogP contribution >= 0.6 is 0 Å².